The molecule has 120 valence electrons. The van der Waals surface area contributed by atoms with Gasteiger partial charge in [0.05, 0.1) is 24.1 Å². The quantitative estimate of drug-likeness (QED) is 0.730. The van der Waals surface area contributed by atoms with Crippen LogP contribution >= 0.6 is 0 Å². The minimum atomic E-state index is -0.463. The zero-order valence-electron chi connectivity index (χ0n) is 13.1. The van der Waals surface area contributed by atoms with Gasteiger partial charge in [0.2, 0.25) is 0 Å². The molecule has 1 aliphatic carbocycles. The van der Waals surface area contributed by atoms with Gasteiger partial charge in [-0.05, 0) is 31.9 Å². The fourth-order valence-corrected chi connectivity index (χ4v) is 3.00. The van der Waals surface area contributed by atoms with Crippen molar-refractivity contribution < 1.29 is 14.8 Å². The number of nitrogens with two attached hydrogens (primary N) is 1. The van der Waals surface area contributed by atoms with E-state index in [0.29, 0.717) is 6.61 Å². The van der Waals surface area contributed by atoms with E-state index in [1.807, 2.05) is 45.0 Å². The van der Waals surface area contributed by atoms with Crippen LogP contribution in [0.1, 0.15) is 43.9 Å². The largest absolute Gasteiger partial charge is 0.326 e. The second-order valence-corrected chi connectivity index (χ2v) is 6.89. The summed E-state index contributed by atoms with van der Waals surface area (Å²) in [5.41, 5.74) is 9.77. The predicted octanol–water partition coefficient (Wildman–Crippen LogP) is 1.32. The minimum Gasteiger partial charge on any atom is -0.326 e. The summed E-state index contributed by atoms with van der Waals surface area (Å²) in [6, 6.07) is 7.70. The number of carbonyl (C=O) groups is 1. The predicted molar refractivity (Wildman–Crippen MR) is 80.9 cm³/mol. The molecule has 3 rings (SSSR count). The van der Waals surface area contributed by atoms with Gasteiger partial charge in [-0.2, -0.15) is 0 Å². The lowest BCUT2D eigenvalue weighted by Crippen LogP contribution is -2.32. The molecule has 0 aromatic heterocycles. The minimum absolute atomic E-state index is 0.0119. The van der Waals surface area contributed by atoms with Crippen molar-refractivity contribution >= 4 is 5.91 Å². The summed E-state index contributed by atoms with van der Waals surface area (Å²) in [5.74, 6) is 0.149. The van der Waals surface area contributed by atoms with Crippen LogP contribution in [0.15, 0.2) is 24.3 Å². The molecule has 1 aliphatic heterocycles. The third kappa shape index (κ3) is 2.42. The number of nitrogens with one attached hydrogen (secondary N) is 1. The van der Waals surface area contributed by atoms with Crippen molar-refractivity contribution in [3.05, 3.63) is 35.4 Å². The second-order valence-electron chi connectivity index (χ2n) is 6.89. The van der Waals surface area contributed by atoms with E-state index in [9.17, 15) is 4.79 Å². The maximum Gasteiger partial charge on any atom is 0.254 e. The van der Waals surface area contributed by atoms with E-state index in [1.54, 1.807) is 0 Å². The Bertz CT molecular complexity index is 573. The van der Waals surface area contributed by atoms with Gasteiger partial charge < -0.3 is 10.9 Å². The van der Waals surface area contributed by atoms with Crippen molar-refractivity contribution in [3.8, 4) is 0 Å². The average molecular weight is 305 g/mol. The highest BCUT2D eigenvalue weighted by Gasteiger charge is 2.48. The number of amides is 1. The molecule has 6 nitrogen and oxygen atoms in total. The van der Waals surface area contributed by atoms with Crippen LogP contribution in [0.5, 0.6) is 0 Å². The average Bonchev–Trinajstić information content (AvgIpc) is 3.08. The van der Waals surface area contributed by atoms with E-state index in [1.165, 1.54) is 5.06 Å². The van der Waals surface area contributed by atoms with Crippen molar-refractivity contribution in [2.24, 2.45) is 11.1 Å². The zero-order chi connectivity index (χ0) is 16.1. The molecule has 1 heterocycles. The molecule has 0 spiro atoms. The van der Waals surface area contributed by atoms with Crippen LogP contribution in [0.2, 0.25) is 0 Å². The van der Waals surface area contributed by atoms with Crippen LogP contribution in [0.4, 0.5) is 0 Å². The molecule has 1 saturated carbocycles. The number of benzene rings is 1. The van der Waals surface area contributed by atoms with Crippen LogP contribution in [0, 0.1) is 5.41 Å². The monoisotopic (exact) mass is 305 g/mol. The Morgan fingerprint density at radius 1 is 1.41 bits per heavy atom. The van der Waals surface area contributed by atoms with E-state index < -0.39 is 5.41 Å². The normalized spacial score (nSPS) is 31.4. The first-order valence-electron chi connectivity index (χ1n) is 7.58. The van der Waals surface area contributed by atoms with Crippen LogP contribution in [-0.4, -0.2) is 34.9 Å². The first-order chi connectivity index (χ1) is 10.4. The fraction of sp³-hybridized carbons (Fsp3) is 0.562. The molecular formula is C16H23N3O3. The van der Waals surface area contributed by atoms with Crippen molar-refractivity contribution in [2.45, 2.75) is 44.8 Å². The highest BCUT2D eigenvalue weighted by Crippen LogP contribution is 2.40. The Morgan fingerprint density at radius 2 is 2.05 bits per heavy atom. The molecule has 4 atom stereocenters. The van der Waals surface area contributed by atoms with Gasteiger partial charge in [0.1, 0.15) is 0 Å². The topological polar surface area (TPSA) is 87.8 Å². The van der Waals surface area contributed by atoms with E-state index in [-0.39, 0.29) is 30.0 Å². The molecule has 1 aromatic rings. The molecule has 1 aromatic carbocycles. The standard InChI is InChI=1S/C16H23N3O3/c1-9(19-15(20)16(2,3)8-22-19)10-4-6-11(7-5-10)12-13(17)14(12)18-21/h4-7,9,12-14,18,21H,8,17H2,1-3H3/t9?,12?,13?,14-/m0/s1. The second kappa shape index (κ2) is 5.31. The molecule has 2 fully saturated rings. The van der Waals surface area contributed by atoms with Crippen LogP contribution < -0.4 is 11.2 Å². The van der Waals surface area contributed by atoms with E-state index in [4.69, 9.17) is 15.8 Å². The van der Waals surface area contributed by atoms with Gasteiger partial charge in [-0.1, -0.05) is 24.3 Å². The Morgan fingerprint density at radius 3 is 2.50 bits per heavy atom. The number of hydrogen-bond donors (Lipinski definition) is 3. The molecule has 1 saturated heterocycles. The van der Waals surface area contributed by atoms with E-state index in [2.05, 4.69) is 5.48 Å². The van der Waals surface area contributed by atoms with E-state index >= 15 is 0 Å². The van der Waals surface area contributed by atoms with E-state index in [0.717, 1.165) is 11.1 Å². The Labute approximate surface area is 130 Å². The molecule has 3 unspecified atom stereocenters. The third-order valence-corrected chi connectivity index (χ3v) is 4.72. The van der Waals surface area contributed by atoms with Crippen LogP contribution in [0.3, 0.4) is 0 Å². The van der Waals surface area contributed by atoms with Crippen LogP contribution in [0.25, 0.3) is 0 Å². The van der Waals surface area contributed by atoms with Gasteiger partial charge in [0, 0.05) is 12.0 Å². The summed E-state index contributed by atoms with van der Waals surface area (Å²) in [5, 5.41) is 10.5. The third-order valence-electron chi connectivity index (χ3n) is 4.72. The maximum atomic E-state index is 12.3. The SMILES string of the molecule is CC(c1ccc(C2C(N)[C@H]2NO)cc1)N1OCC(C)(C)C1=O. The van der Waals surface area contributed by atoms with Gasteiger partial charge in [0.25, 0.3) is 5.91 Å². The maximum absolute atomic E-state index is 12.3. The lowest BCUT2D eigenvalue weighted by Gasteiger charge is -2.24. The zero-order valence-corrected chi connectivity index (χ0v) is 13.1. The number of rotatable bonds is 4. The molecule has 2 aliphatic rings. The summed E-state index contributed by atoms with van der Waals surface area (Å²) in [4.78, 5) is 17.9. The molecule has 1 amide bonds. The van der Waals surface area contributed by atoms with Crippen molar-refractivity contribution in [2.75, 3.05) is 6.61 Å². The van der Waals surface area contributed by atoms with Gasteiger partial charge in [-0.15, -0.1) is 0 Å². The molecule has 4 N–H and O–H groups in total. The Kier molecular flexibility index (Phi) is 3.72. The number of carbonyl (C=O) groups excluding carboxylic acids is 1. The highest BCUT2D eigenvalue weighted by molar-refractivity contribution is 5.83. The van der Waals surface area contributed by atoms with Crippen molar-refractivity contribution in [1.82, 2.24) is 10.5 Å². The molecular weight excluding hydrogens is 282 g/mol. The molecule has 6 heteroatoms. The van der Waals surface area contributed by atoms with Crippen molar-refractivity contribution in [3.63, 3.8) is 0 Å². The van der Waals surface area contributed by atoms with Crippen LogP contribution in [-0.2, 0) is 9.63 Å². The Balaban J connectivity index is 1.72. The Hall–Kier alpha value is -1.47. The summed E-state index contributed by atoms with van der Waals surface area (Å²) in [7, 11) is 0. The first-order valence-corrected chi connectivity index (χ1v) is 7.58. The van der Waals surface area contributed by atoms with Crippen molar-refractivity contribution in [1.29, 1.82) is 0 Å². The lowest BCUT2D eigenvalue weighted by molar-refractivity contribution is -0.173. The lowest BCUT2D eigenvalue weighted by atomic mass is 9.94. The van der Waals surface area contributed by atoms with Gasteiger partial charge >= 0.3 is 0 Å². The van der Waals surface area contributed by atoms with Gasteiger partial charge in [-0.3, -0.25) is 9.63 Å². The number of nitrogens with zero attached hydrogens (tertiary/aromatic N) is 1. The van der Waals surface area contributed by atoms with Gasteiger partial charge in [0.15, 0.2) is 0 Å². The number of hydroxylamine groups is 3. The summed E-state index contributed by atoms with van der Waals surface area (Å²) >= 11 is 0. The smallest absolute Gasteiger partial charge is 0.254 e. The number of hydrogen-bond acceptors (Lipinski definition) is 5. The van der Waals surface area contributed by atoms with Gasteiger partial charge in [-0.25, -0.2) is 10.5 Å². The molecule has 0 radical (unpaired) electrons. The summed E-state index contributed by atoms with van der Waals surface area (Å²) in [6.07, 6.45) is 0. The summed E-state index contributed by atoms with van der Waals surface area (Å²) < 4.78 is 0. The fourth-order valence-electron chi connectivity index (χ4n) is 3.00. The molecule has 22 heavy (non-hydrogen) atoms. The molecule has 0 bridgehead atoms. The summed E-state index contributed by atoms with van der Waals surface area (Å²) in [6.45, 7) is 6.15. The first kappa shape index (κ1) is 15.4. The highest BCUT2D eigenvalue weighted by atomic mass is 16.7.